The van der Waals surface area contributed by atoms with E-state index in [1.165, 1.54) is 19.3 Å². The maximum Gasteiger partial charge on any atom is 0.255 e. The summed E-state index contributed by atoms with van der Waals surface area (Å²) in [5, 5.41) is 2.14. The number of anilines is 1. The molecule has 10 heteroatoms. The van der Waals surface area contributed by atoms with E-state index in [-0.39, 0.29) is 15.7 Å². The van der Waals surface area contributed by atoms with E-state index in [4.69, 9.17) is 23.2 Å². The minimum atomic E-state index is -1.70. The van der Waals surface area contributed by atoms with Crippen LogP contribution < -0.4 is 5.32 Å². The van der Waals surface area contributed by atoms with Crippen molar-refractivity contribution in [3.05, 3.63) is 57.6 Å². The Bertz CT molecular complexity index is 849. The van der Waals surface area contributed by atoms with Crippen molar-refractivity contribution < 1.29 is 22.8 Å². The molecule has 0 fully saturated rings. The molecule has 0 spiro atoms. The third kappa shape index (κ3) is 4.40. The SMILES string of the molecule is CN(CC(=O)Nc1ccc(F)c(F)c1F)C(=O)c1cnc(Cl)c(Cl)c1. The van der Waals surface area contributed by atoms with Crippen molar-refractivity contribution >= 4 is 40.7 Å². The summed E-state index contributed by atoms with van der Waals surface area (Å²) in [6, 6.07) is 2.82. The van der Waals surface area contributed by atoms with E-state index in [9.17, 15) is 22.8 Å². The van der Waals surface area contributed by atoms with E-state index < -0.39 is 41.5 Å². The number of benzene rings is 1. The lowest BCUT2D eigenvalue weighted by molar-refractivity contribution is -0.116. The van der Waals surface area contributed by atoms with Gasteiger partial charge in [-0.05, 0) is 18.2 Å². The van der Waals surface area contributed by atoms with Gasteiger partial charge < -0.3 is 10.2 Å². The molecule has 1 aromatic heterocycles. The van der Waals surface area contributed by atoms with Gasteiger partial charge in [-0.3, -0.25) is 9.59 Å². The molecule has 2 amide bonds. The summed E-state index contributed by atoms with van der Waals surface area (Å²) in [7, 11) is 1.31. The van der Waals surface area contributed by atoms with Crippen LogP contribution in [0.1, 0.15) is 10.4 Å². The summed E-state index contributed by atoms with van der Waals surface area (Å²) in [5.74, 6) is -6.02. The molecule has 0 atom stereocenters. The van der Waals surface area contributed by atoms with E-state index in [1.807, 2.05) is 0 Å². The van der Waals surface area contributed by atoms with Crippen molar-refractivity contribution in [2.45, 2.75) is 0 Å². The number of aromatic nitrogens is 1. The van der Waals surface area contributed by atoms with Crippen molar-refractivity contribution in [1.82, 2.24) is 9.88 Å². The lowest BCUT2D eigenvalue weighted by atomic mass is 10.2. The van der Waals surface area contributed by atoms with Gasteiger partial charge in [-0.15, -0.1) is 0 Å². The summed E-state index contributed by atoms with van der Waals surface area (Å²) in [6.07, 6.45) is 1.18. The predicted octanol–water partition coefficient (Wildman–Crippen LogP) is 3.52. The molecule has 1 N–H and O–H groups in total. The zero-order valence-corrected chi connectivity index (χ0v) is 14.1. The third-order valence-electron chi connectivity index (χ3n) is 3.08. The molecule has 0 unspecified atom stereocenters. The molecule has 0 aliphatic heterocycles. The fraction of sp³-hybridized carbons (Fsp3) is 0.133. The van der Waals surface area contributed by atoms with Crippen LogP contribution in [0, 0.1) is 17.5 Å². The highest BCUT2D eigenvalue weighted by Crippen LogP contribution is 2.21. The molecule has 1 aromatic carbocycles. The summed E-state index contributed by atoms with van der Waals surface area (Å²) in [6.45, 7) is -0.475. The van der Waals surface area contributed by atoms with Gasteiger partial charge in [0, 0.05) is 13.2 Å². The standard InChI is InChI=1S/C15H10Cl2F3N3O2/c1-23(15(25)7-4-8(16)14(17)21-5-7)6-11(24)22-10-3-2-9(18)12(19)13(10)20/h2-5H,6H2,1H3,(H,22,24). The van der Waals surface area contributed by atoms with Crippen molar-refractivity contribution in [3.8, 4) is 0 Å². The van der Waals surface area contributed by atoms with Crippen molar-refractivity contribution in [1.29, 1.82) is 0 Å². The van der Waals surface area contributed by atoms with Gasteiger partial charge >= 0.3 is 0 Å². The molecule has 0 bridgehead atoms. The Hall–Kier alpha value is -2.32. The molecule has 25 heavy (non-hydrogen) atoms. The van der Waals surface area contributed by atoms with E-state index in [1.54, 1.807) is 0 Å². The number of nitrogens with one attached hydrogen (secondary N) is 1. The summed E-state index contributed by atoms with van der Waals surface area (Å²) < 4.78 is 39.5. The van der Waals surface area contributed by atoms with Crippen LogP contribution in [-0.2, 0) is 4.79 Å². The highest BCUT2D eigenvalue weighted by Gasteiger charge is 2.19. The normalized spacial score (nSPS) is 10.5. The van der Waals surface area contributed by atoms with E-state index in [2.05, 4.69) is 10.3 Å². The summed E-state index contributed by atoms with van der Waals surface area (Å²) in [5.41, 5.74) is -0.454. The largest absolute Gasteiger partial charge is 0.332 e. The van der Waals surface area contributed by atoms with E-state index >= 15 is 0 Å². The zero-order valence-electron chi connectivity index (χ0n) is 12.6. The predicted molar refractivity (Wildman–Crippen MR) is 86.2 cm³/mol. The fourth-order valence-corrected chi connectivity index (χ4v) is 2.13. The molecule has 2 rings (SSSR count). The number of likely N-dealkylation sites (N-methyl/N-ethyl adjacent to an activating group) is 1. The van der Waals surface area contributed by atoms with Crippen molar-refractivity contribution in [2.75, 3.05) is 18.9 Å². The van der Waals surface area contributed by atoms with Gasteiger partial charge in [0.1, 0.15) is 5.15 Å². The Morgan fingerprint density at radius 1 is 1.20 bits per heavy atom. The summed E-state index contributed by atoms with van der Waals surface area (Å²) >= 11 is 11.4. The maximum absolute atomic E-state index is 13.5. The lowest BCUT2D eigenvalue weighted by Crippen LogP contribution is -2.35. The zero-order chi connectivity index (χ0) is 18.7. The second-order valence-electron chi connectivity index (χ2n) is 4.93. The number of hydrogen-bond donors (Lipinski definition) is 1. The molecule has 1 heterocycles. The number of hydrogen-bond acceptors (Lipinski definition) is 3. The number of nitrogens with zero attached hydrogens (tertiary/aromatic N) is 2. The first kappa shape index (κ1) is 19.0. The van der Waals surface area contributed by atoms with Gasteiger partial charge in [0.2, 0.25) is 5.91 Å². The number of halogens is 5. The number of carbonyl (C=O) groups is 2. The van der Waals surface area contributed by atoms with Crippen LogP contribution in [0.4, 0.5) is 18.9 Å². The van der Waals surface area contributed by atoms with Crippen LogP contribution in [-0.4, -0.2) is 35.3 Å². The van der Waals surface area contributed by atoms with Crippen molar-refractivity contribution in [2.24, 2.45) is 0 Å². The smallest absolute Gasteiger partial charge is 0.255 e. The Morgan fingerprint density at radius 2 is 1.88 bits per heavy atom. The minimum absolute atomic E-state index is 0.0208. The average molecular weight is 392 g/mol. The topological polar surface area (TPSA) is 62.3 Å². The van der Waals surface area contributed by atoms with Gasteiger partial charge in [-0.25, -0.2) is 18.2 Å². The van der Waals surface area contributed by atoms with Gasteiger partial charge in [0.15, 0.2) is 17.5 Å². The highest BCUT2D eigenvalue weighted by atomic mass is 35.5. The second kappa shape index (κ2) is 7.71. The Morgan fingerprint density at radius 3 is 2.52 bits per heavy atom. The second-order valence-corrected chi connectivity index (χ2v) is 5.69. The van der Waals surface area contributed by atoms with Gasteiger partial charge in [0.05, 0.1) is 22.8 Å². The first-order chi connectivity index (χ1) is 11.7. The molecule has 0 radical (unpaired) electrons. The lowest BCUT2D eigenvalue weighted by Gasteiger charge is -2.17. The molecule has 2 aromatic rings. The van der Waals surface area contributed by atoms with Gasteiger partial charge in [-0.2, -0.15) is 0 Å². The molecule has 0 aliphatic rings. The summed E-state index contributed by atoms with van der Waals surface area (Å²) in [4.78, 5) is 28.8. The highest BCUT2D eigenvalue weighted by molar-refractivity contribution is 6.41. The van der Waals surface area contributed by atoms with Crippen LogP contribution >= 0.6 is 23.2 Å². The number of amides is 2. The van der Waals surface area contributed by atoms with Crippen LogP contribution in [0.2, 0.25) is 10.2 Å². The van der Waals surface area contributed by atoms with Gasteiger partial charge in [0.25, 0.3) is 5.91 Å². The van der Waals surface area contributed by atoms with Crippen LogP contribution in [0.25, 0.3) is 0 Å². The van der Waals surface area contributed by atoms with E-state index in [0.29, 0.717) is 6.07 Å². The molecule has 0 saturated heterocycles. The Balaban J connectivity index is 2.06. The quantitative estimate of drug-likeness (QED) is 0.640. The maximum atomic E-state index is 13.5. The Labute approximate surface area is 150 Å². The first-order valence-electron chi connectivity index (χ1n) is 6.70. The Kier molecular flexibility index (Phi) is 5.86. The first-order valence-corrected chi connectivity index (χ1v) is 7.46. The van der Waals surface area contributed by atoms with Crippen LogP contribution in [0.3, 0.4) is 0 Å². The number of pyridine rings is 1. The molecule has 132 valence electrons. The van der Waals surface area contributed by atoms with Gasteiger partial charge in [-0.1, -0.05) is 23.2 Å². The minimum Gasteiger partial charge on any atom is -0.332 e. The number of carbonyl (C=O) groups excluding carboxylic acids is 2. The van der Waals surface area contributed by atoms with Crippen molar-refractivity contribution in [3.63, 3.8) is 0 Å². The van der Waals surface area contributed by atoms with Crippen LogP contribution in [0.15, 0.2) is 24.4 Å². The molecular formula is C15H10Cl2F3N3O2. The molecular weight excluding hydrogens is 382 g/mol. The monoisotopic (exact) mass is 391 g/mol. The molecule has 0 saturated carbocycles. The average Bonchev–Trinajstić information content (AvgIpc) is 2.57. The fourth-order valence-electron chi connectivity index (χ4n) is 1.86. The van der Waals surface area contributed by atoms with E-state index in [0.717, 1.165) is 11.0 Å². The van der Waals surface area contributed by atoms with Crippen LogP contribution in [0.5, 0.6) is 0 Å². The third-order valence-corrected chi connectivity index (χ3v) is 3.77. The molecule has 0 aliphatic carbocycles. The molecule has 5 nitrogen and oxygen atoms in total. The number of rotatable bonds is 4.